The first-order valence-corrected chi connectivity index (χ1v) is 11.0. The van der Waals surface area contributed by atoms with Gasteiger partial charge >= 0.3 is 12.0 Å². The van der Waals surface area contributed by atoms with Gasteiger partial charge in [-0.05, 0) is 45.1 Å². The van der Waals surface area contributed by atoms with Gasteiger partial charge < -0.3 is 19.9 Å². The number of piperidine rings is 1. The molecule has 1 aromatic carbocycles. The predicted octanol–water partition coefficient (Wildman–Crippen LogP) is 3.11. The Labute approximate surface area is 178 Å². The summed E-state index contributed by atoms with van der Waals surface area (Å²) in [5.41, 5.74) is 0.868. The largest absolute Gasteiger partial charge is 0.463 e. The van der Waals surface area contributed by atoms with Crippen molar-refractivity contribution in [1.29, 1.82) is 0 Å². The summed E-state index contributed by atoms with van der Waals surface area (Å²) in [6.07, 6.45) is 3.53. The number of likely N-dealkylation sites (tertiary alicyclic amines) is 2. The molecule has 7 heteroatoms. The van der Waals surface area contributed by atoms with Crippen LogP contribution in [-0.2, 0) is 14.3 Å². The summed E-state index contributed by atoms with van der Waals surface area (Å²) in [4.78, 5) is 41.7. The number of nitrogens with one attached hydrogen (secondary N) is 1. The summed E-state index contributed by atoms with van der Waals surface area (Å²) in [7, 11) is 0. The zero-order valence-electron chi connectivity index (χ0n) is 18.0. The third kappa shape index (κ3) is 5.97. The Morgan fingerprint density at radius 1 is 1.03 bits per heavy atom. The first kappa shape index (κ1) is 22.1. The molecule has 0 saturated carbocycles. The zero-order valence-corrected chi connectivity index (χ0v) is 18.0. The zero-order chi connectivity index (χ0) is 21.5. The van der Waals surface area contributed by atoms with Crippen LogP contribution in [0.4, 0.5) is 4.79 Å². The van der Waals surface area contributed by atoms with Gasteiger partial charge in [-0.1, -0.05) is 30.3 Å². The van der Waals surface area contributed by atoms with Crippen molar-refractivity contribution in [3.63, 3.8) is 0 Å². The number of nitrogens with zero attached hydrogens (tertiary/aromatic N) is 2. The smallest absolute Gasteiger partial charge is 0.320 e. The van der Waals surface area contributed by atoms with Crippen LogP contribution in [0.5, 0.6) is 0 Å². The maximum atomic E-state index is 13.1. The molecule has 3 amide bonds. The fourth-order valence-corrected chi connectivity index (χ4v) is 4.18. The fraction of sp³-hybridized carbons (Fsp3) is 0.609. The number of carbonyl (C=O) groups is 3. The van der Waals surface area contributed by atoms with Crippen molar-refractivity contribution in [1.82, 2.24) is 15.1 Å². The first-order chi connectivity index (χ1) is 14.4. The molecule has 0 unspecified atom stereocenters. The van der Waals surface area contributed by atoms with Crippen LogP contribution in [0.2, 0.25) is 0 Å². The molecule has 0 radical (unpaired) electrons. The van der Waals surface area contributed by atoms with Gasteiger partial charge in [0, 0.05) is 26.2 Å². The Hall–Kier alpha value is -2.57. The monoisotopic (exact) mass is 415 g/mol. The fourth-order valence-electron chi connectivity index (χ4n) is 4.18. The Bertz CT molecular complexity index is 731. The molecule has 164 valence electrons. The van der Waals surface area contributed by atoms with Gasteiger partial charge in [-0.2, -0.15) is 0 Å². The molecule has 3 rings (SSSR count). The molecular weight excluding hydrogens is 382 g/mol. The van der Waals surface area contributed by atoms with Gasteiger partial charge in [-0.3, -0.25) is 9.59 Å². The van der Waals surface area contributed by atoms with E-state index in [0.717, 1.165) is 44.3 Å². The highest BCUT2D eigenvalue weighted by atomic mass is 16.5. The quantitative estimate of drug-likeness (QED) is 0.724. The van der Waals surface area contributed by atoms with Crippen LogP contribution in [0, 0.1) is 5.92 Å². The molecule has 0 bridgehead atoms. The Morgan fingerprint density at radius 2 is 1.70 bits per heavy atom. The van der Waals surface area contributed by atoms with Crippen LogP contribution in [-0.4, -0.2) is 60.0 Å². The van der Waals surface area contributed by atoms with E-state index in [4.69, 9.17) is 4.74 Å². The molecule has 30 heavy (non-hydrogen) atoms. The molecule has 2 heterocycles. The number of hydrogen-bond donors (Lipinski definition) is 1. The van der Waals surface area contributed by atoms with Crippen molar-refractivity contribution >= 4 is 17.9 Å². The Balaban J connectivity index is 1.63. The summed E-state index contributed by atoms with van der Waals surface area (Å²) in [5.74, 6) is -0.716. The van der Waals surface area contributed by atoms with E-state index >= 15 is 0 Å². The van der Waals surface area contributed by atoms with Crippen LogP contribution < -0.4 is 5.32 Å². The van der Waals surface area contributed by atoms with E-state index in [1.54, 1.807) is 0 Å². The summed E-state index contributed by atoms with van der Waals surface area (Å²) >= 11 is 0. The summed E-state index contributed by atoms with van der Waals surface area (Å²) in [6.45, 7) is 6.35. The standard InChI is InChI=1S/C23H33N3O4/c1-17(2)30-21(27)15-20(18-9-4-3-5-10-18)24-22(28)19-11-8-14-26(16-19)23(29)25-12-6-7-13-25/h3-5,9-10,17,19-20H,6-8,11-16H2,1-2H3,(H,24,28)/t19-,20-/m0/s1. The highest BCUT2D eigenvalue weighted by molar-refractivity contribution is 5.82. The van der Waals surface area contributed by atoms with Crippen LogP contribution >= 0.6 is 0 Å². The maximum absolute atomic E-state index is 13.1. The topological polar surface area (TPSA) is 79.0 Å². The average molecular weight is 416 g/mol. The molecule has 1 N–H and O–H groups in total. The minimum atomic E-state index is -0.449. The van der Waals surface area contributed by atoms with Crippen molar-refractivity contribution in [3.8, 4) is 0 Å². The van der Waals surface area contributed by atoms with Crippen molar-refractivity contribution in [3.05, 3.63) is 35.9 Å². The molecule has 2 atom stereocenters. The van der Waals surface area contributed by atoms with Gasteiger partial charge in [-0.15, -0.1) is 0 Å². The van der Waals surface area contributed by atoms with Crippen LogP contribution in [0.15, 0.2) is 30.3 Å². The van der Waals surface area contributed by atoms with E-state index in [0.29, 0.717) is 13.1 Å². The highest BCUT2D eigenvalue weighted by Gasteiger charge is 2.32. The van der Waals surface area contributed by atoms with Crippen molar-refractivity contribution in [2.45, 2.75) is 58.1 Å². The second-order valence-electron chi connectivity index (χ2n) is 8.48. The van der Waals surface area contributed by atoms with Gasteiger partial charge in [0.25, 0.3) is 0 Å². The van der Waals surface area contributed by atoms with Crippen LogP contribution in [0.1, 0.15) is 57.6 Å². The maximum Gasteiger partial charge on any atom is 0.320 e. The molecule has 7 nitrogen and oxygen atoms in total. The number of rotatable bonds is 6. The van der Waals surface area contributed by atoms with Gasteiger partial charge in [0.05, 0.1) is 24.5 Å². The molecule has 2 aliphatic rings. The number of hydrogen-bond acceptors (Lipinski definition) is 4. The minimum absolute atomic E-state index is 0.0464. The SMILES string of the molecule is CC(C)OC(=O)C[C@H](NC(=O)[C@H]1CCCN(C(=O)N2CCCC2)C1)c1ccccc1. The van der Waals surface area contributed by atoms with Gasteiger partial charge in [0.15, 0.2) is 0 Å². The molecule has 0 aliphatic carbocycles. The lowest BCUT2D eigenvalue weighted by Gasteiger charge is -2.35. The molecule has 2 fully saturated rings. The van der Waals surface area contributed by atoms with E-state index in [1.165, 1.54) is 0 Å². The molecule has 2 saturated heterocycles. The minimum Gasteiger partial charge on any atom is -0.463 e. The second kappa shape index (κ2) is 10.5. The third-order valence-electron chi connectivity index (χ3n) is 5.70. The van der Waals surface area contributed by atoms with Gasteiger partial charge in [-0.25, -0.2) is 4.79 Å². The normalized spacial score (nSPS) is 20.2. The molecule has 1 aromatic rings. The average Bonchev–Trinajstić information content (AvgIpc) is 3.27. The summed E-state index contributed by atoms with van der Waals surface area (Å²) in [6, 6.07) is 9.07. The van der Waals surface area contributed by atoms with Crippen LogP contribution in [0.25, 0.3) is 0 Å². The Kier molecular flexibility index (Phi) is 7.71. The number of urea groups is 1. The van der Waals surface area contributed by atoms with Gasteiger partial charge in [0.2, 0.25) is 5.91 Å². The highest BCUT2D eigenvalue weighted by Crippen LogP contribution is 2.23. The van der Waals surface area contributed by atoms with Crippen molar-refractivity contribution in [2.75, 3.05) is 26.2 Å². The number of carbonyl (C=O) groups excluding carboxylic acids is 3. The van der Waals surface area contributed by atoms with E-state index in [1.807, 2.05) is 54.0 Å². The van der Waals surface area contributed by atoms with Gasteiger partial charge in [0.1, 0.15) is 0 Å². The number of amides is 3. The number of ether oxygens (including phenoxy) is 1. The first-order valence-electron chi connectivity index (χ1n) is 11.0. The lowest BCUT2D eigenvalue weighted by molar-refractivity contribution is -0.148. The Morgan fingerprint density at radius 3 is 2.37 bits per heavy atom. The lowest BCUT2D eigenvalue weighted by Crippen LogP contribution is -2.50. The van der Waals surface area contributed by atoms with Crippen molar-refractivity contribution < 1.29 is 19.1 Å². The van der Waals surface area contributed by atoms with Crippen molar-refractivity contribution in [2.24, 2.45) is 5.92 Å². The van der Waals surface area contributed by atoms with E-state index in [9.17, 15) is 14.4 Å². The summed E-state index contributed by atoms with van der Waals surface area (Å²) < 4.78 is 5.29. The van der Waals surface area contributed by atoms with E-state index in [-0.39, 0.29) is 36.4 Å². The van der Waals surface area contributed by atoms with E-state index in [2.05, 4.69) is 5.32 Å². The lowest BCUT2D eigenvalue weighted by atomic mass is 9.95. The molecule has 2 aliphatic heterocycles. The number of esters is 1. The third-order valence-corrected chi connectivity index (χ3v) is 5.70. The predicted molar refractivity (Wildman–Crippen MR) is 114 cm³/mol. The second-order valence-corrected chi connectivity index (χ2v) is 8.48. The molecule has 0 aromatic heterocycles. The molecule has 0 spiro atoms. The van der Waals surface area contributed by atoms with E-state index < -0.39 is 6.04 Å². The van der Waals surface area contributed by atoms with Crippen LogP contribution in [0.3, 0.4) is 0 Å². The number of benzene rings is 1. The summed E-state index contributed by atoms with van der Waals surface area (Å²) in [5, 5.41) is 3.04. The molecular formula is C23H33N3O4.